The fraction of sp³-hybridized carbons (Fsp3) is 0.467. The van der Waals surface area contributed by atoms with E-state index in [0.29, 0.717) is 0 Å². The van der Waals surface area contributed by atoms with Crippen LogP contribution in [0.1, 0.15) is 12.0 Å². The first-order valence-electron chi connectivity index (χ1n) is 6.91. The van der Waals surface area contributed by atoms with Crippen LogP contribution in [0.25, 0.3) is 6.08 Å². The Bertz CT molecular complexity index is 462. The summed E-state index contributed by atoms with van der Waals surface area (Å²) in [6.45, 7) is 3.13. The standard InChI is InChI=1S/C15H19N3O/c19-15(4-3-11-2-1-6-16-8-11)18-7-5-12-13-9-17-10-14(12)13/h1-4,6,8,12-14,17H,5,7,9-10H2,(H,18,19)/b4-3+. The fourth-order valence-corrected chi connectivity index (χ4v) is 3.04. The van der Waals surface area contributed by atoms with E-state index < -0.39 is 0 Å². The molecule has 2 N–H and O–H groups in total. The Labute approximate surface area is 113 Å². The zero-order chi connectivity index (χ0) is 13.1. The first kappa shape index (κ1) is 12.4. The van der Waals surface area contributed by atoms with Gasteiger partial charge in [0.1, 0.15) is 0 Å². The minimum absolute atomic E-state index is 0.0206. The van der Waals surface area contributed by atoms with E-state index in [2.05, 4.69) is 15.6 Å². The van der Waals surface area contributed by atoms with E-state index in [0.717, 1.165) is 36.3 Å². The normalized spacial score (nSPS) is 28.3. The summed E-state index contributed by atoms with van der Waals surface area (Å²) in [7, 11) is 0. The van der Waals surface area contributed by atoms with Gasteiger partial charge in [0.15, 0.2) is 0 Å². The van der Waals surface area contributed by atoms with Gasteiger partial charge in [-0.25, -0.2) is 0 Å². The molecule has 2 aliphatic rings. The van der Waals surface area contributed by atoms with Crippen molar-refractivity contribution < 1.29 is 4.79 Å². The zero-order valence-electron chi connectivity index (χ0n) is 10.9. The molecule has 100 valence electrons. The molecule has 1 saturated carbocycles. The molecule has 1 aromatic rings. The van der Waals surface area contributed by atoms with Crippen molar-refractivity contribution in [3.05, 3.63) is 36.2 Å². The highest BCUT2D eigenvalue weighted by atomic mass is 16.1. The van der Waals surface area contributed by atoms with Gasteiger partial charge < -0.3 is 10.6 Å². The smallest absolute Gasteiger partial charge is 0.244 e. The summed E-state index contributed by atoms with van der Waals surface area (Å²) in [5.74, 6) is 2.57. The second-order valence-electron chi connectivity index (χ2n) is 5.35. The maximum Gasteiger partial charge on any atom is 0.244 e. The molecule has 1 aliphatic heterocycles. The fourth-order valence-electron chi connectivity index (χ4n) is 3.04. The number of piperidine rings is 1. The van der Waals surface area contributed by atoms with Gasteiger partial charge in [-0.1, -0.05) is 6.07 Å². The van der Waals surface area contributed by atoms with Crippen molar-refractivity contribution in [1.29, 1.82) is 0 Å². The third-order valence-corrected chi connectivity index (χ3v) is 4.16. The minimum atomic E-state index is -0.0206. The lowest BCUT2D eigenvalue weighted by molar-refractivity contribution is -0.116. The van der Waals surface area contributed by atoms with E-state index in [1.54, 1.807) is 24.5 Å². The number of aromatic nitrogens is 1. The van der Waals surface area contributed by atoms with Crippen LogP contribution in [0.5, 0.6) is 0 Å². The highest BCUT2D eigenvalue weighted by Crippen LogP contribution is 2.50. The summed E-state index contributed by atoms with van der Waals surface area (Å²) in [6.07, 6.45) is 7.94. The molecule has 0 aromatic carbocycles. The lowest BCUT2D eigenvalue weighted by Gasteiger charge is -2.04. The molecule has 1 saturated heterocycles. The van der Waals surface area contributed by atoms with Crippen molar-refractivity contribution in [3.63, 3.8) is 0 Å². The van der Waals surface area contributed by atoms with Gasteiger partial charge in [-0.2, -0.15) is 0 Å². The van der Waals surface area contributed by atoms with Crippen molar-refractivity contribution in [1.82, 2.24) is 15.6 Å². The summed E-state index contributed by atoms with van der Waals surface area (Å²) >= 11 is 0. The van der Waals surface area contributed by atoms with Gasteiger partial charge in [-0.15, -0.1) is 0 Å². The van der Waals surface area contributed by atoms with E-state index in [1.807, 2.05) is 12.1 Å². The predicted octanol–water partition coefficient (Wildman–Crippen LogP) is 1.07. The average Bonchev–Trinajstić information content (AvgIpc) is 2.87. The van der Waals surface area contributed by atoms with Crippen LogP contribution in [0.4, 0.5) is 0 Å². The summed E-state index contributed by atoms with van der Waals surface area (Å²) in [6, 6.07) is 3.78. The highest BCUT2D eigenvalue weighted by Gasteiger charge is 2.51. The van der Waals surface area contributed by atoms with Crippen LogP contribution in [0.15, 0.2) is 30.6 Å². The average molecular weight is 257 g/mol. The van der Waals surface area contributed by atoms with Crippen molar-refractivity contribution in [2.75, 3.05) is 19.6 Å². The lowest BCUT2D eigenvalue weighted by Crippen LogP contribution is -2.24. The van der Waals surface area contributed by atoms with E-state index in [-0.39, 0.29) is 5.91 Å². The molecule has 1 aromatic heterocycles. The second-order valence-corrected chi connectivity index (χ2v) is 5.35. The summed E-state index contributed by atoms with van der Waals surface area (Å²) < 4.78 is 0. The SMILES string of the molecule is O=C(/C=C/c1cccnc1)NCCC1C2CNCC12. The van der Waals surface area contributed by atoms with Crippen LogP contribution in [0, 0.1) is 17.8 Å². The Morgan fingerprint density at radius 3 is 3.05 bits per heavy atom. The second kappa shape index (κ2) is 5.53. The predicted molar refractivity (Wildman–Crippen MR) is 74.2 cm³/mol. The first-order chi connectivity index (χ1) is 9.34. The molecule has 1 aliphatic carbocycles. The number of hydrogen-bond acceptors (Lipinski definition) is 3. The molecule has 19 heavy (non-hydrogen) atoms. The van der Waals surface area contributed by atoms with Crippen molar-refractivity contribution in [3.8, 4) is 0 Å². The minimum Gasteiger partial charge on any atom is -0.353 e. The quantitative estimate of drug-likeness (QED) is 0.776. The topological polar surface area (TPSA) is 54.0 Å². The molecule has 0 radical (unpaired) electrons. The van der Waals surface area contributed by atoms with Gasteiger partial charge in [0, 0.05) is 25.0 Å². The number of fused-ring (bicyclic) bond motifs is 1. The molecule has 2 unspecified atom stereocenters. The molecule has 4 nitrogen and oxygen atoms in total. The summed E-state index contributed by atoms with van der Waals surface area (Å²) in [4.78, 5) is 15.6. The zero-order valence-corrected chi connectivity index (χ0v) is 10.9. The number of rotatable bonds is 5. The Morgan fingerprint density at radius 2 is 2.32 bits per heavy atom. The molecule has 2 atom stereocenters. The van der Waals surface area contributed by atoms with Gasteiger partial charge in [0.05, 0.1) is 0 Å². The van der Waals surface area contributed by atoms with Gasteiger partial charge >= 0.3 is 0 Å². The number of nitrogens with one attached hydrogen (secondary N) is 2. The highest BCUT2D eigenvalue weighted by molar-refractivity contribution is 5.91. The van der Waals surface area contributed by atoms with E-state index >= 15 is 0 Å². The van der Waals surface area contributed by atoms with Crippen LogP contribution < -0.4 is 10.6 Å². The maximum atomic E-state index is 11.6. The third kappa shape index (κ3) is 3.01. The van der Waals surface area contributed by atoms with Gasteiger partial charge in [0.2, 0.25) is 5.91 Å². The van der Waals surface area contributed by atoms with E-state index in [1.165, 1.54) is 13.1 Å². The number of pyridine rings is 1. The maximum absolute atomic E-state index is 11.6. The number of nitrogens with zero attached hydrogens (tertiary/aromatic N) is 1. The molecule has 0 spiro atoms. The van der Waals surface area contributed by atoms with Crippen LogP contribution >= 0.6 is 0 Å². The lowest BCUT2D eigenvalue weighted by atomic mass is 10.2. The first-order valence-corrected chi connectivity index (χ1v) is 6.91. The third-order valence-electron chi connectivity index (χ3n) is 4.16. The van der Waals surface area contributed by atoms with Crippen molar-refractivity contribution in [2.24, 2.45) is 17.8 Å². The Kier molecular flexibility index (Phi) is 3.60. The van der Waals surface area contributed by atoms with Gasteiger partial charge in [-0.05, 0) is 55.0 Å². The Hall–Kier alpha value is -1.68. The number of carbonyl (C=O) groups excluding carboxylic acids is 1. The number of carbonyl (C=O) groups is 1. The molecule has 2 heterocycles. The molecular weight excluding hydrogens is 238 g/mol. The van der Waals surface area contributed by atoms with Crippen molar-refractivity contribution in [2.45, 2.75) is 6.42 Å². The molecule has 1 amide bonds. The summed E-state index contributed by atoms with van der Waals surface area (Å²) in [5.41, 5.74) is 0.945. The molecule has 3 rings (SSSR count). The molecular formula is C15H19N3O. The van der Waals surface area contributed by atoms with Crippen LogP contribution in [0.2, 0.25) is 0 Å². The van der Waals surface area contributed by atoms with E-state index in [4.69, 9.17) is 0 Å². The molecule has 0 bridgehead atoms. The van der Waals surface area contributed by atoms with E-state index in [9.17, 15) is 4.79 Å². The van der Waals surface area contributed by atoms with Crippen LogP contribution in [-0.2, 0) is 4.79 Å². The summed E-state index contributed by atoms with van der Waals surface area (Å²) in [5, 5.41) is 6.33. The van der Waals surface area contributed by atoms with Crippen LogP contribution in [-0.4, -0.2) is 30.5 Å². The van der Waals surface area contributed by atoms with Gasteiger partial charge in [0.25, 0.3) is 0 Å². The molecule has 2 fully saturated rings. The number of amides is 1. The Morgan fingerprint density at radius 1 is 1.47 bits per heavy atom. The van der Waals surface area contributed by atoms with Crippen molar-refractivity contribution >= 4 is 12.0 Å². The van der Waals surface area contributed by atoms with Gasteiger partial charge in [-0.3, -0.25) is 9.78 Å². The molecule has 4 heteroatoms. The monoisotopic (exact) mass is 257 g/mol. The largest absolute Gasteiger partial charge is 0.353 e. The number of hydrogen-bond donors (Lipinski definition) is 2. The van der Waals surface area contributed by atoms with Crippen LogP contribution in [0.3, 0.4) is 0 Å². The Balaban J connectivity index is 1.36.